The van der Waals surface area contributed by atoms with Crippen LogP contribution >= 0.6 is 11.6 Å². The van der Waals surface area contributed by atoms with Crippen LogP contribution in [0.2, 0.25) is 5.02 Å². The normalized spacial score (nSPS) is 12.4. The molecule has 0 aliphatic carbocycles. The predicted octanol–water partition coefficient (Wildman–Crippen LogP) is 4.18. The van der Waals surface area contributed by atoms with E-state index in [-0.39, 0.29) is 18.3 Å². The molecule has 106 valence electrons. The summed E-state index contributed by atoms with van der Waals surface area (Å²) in [6, 6.07) is 12.4. The second-order valence-electron chi connectivity index (χ2n) is 5.15. The van der Waals surface area contributed by atoms with Crippen LogP contribution in [0, 0.1) is 18.7 Å². The molecule has 0 saturated heterocycles. The standard InChI is InChI=1S/C17H18ClFO/c1-12-2-7-17(19)10-15(12)9-14(11-20)8-13-3-5-16(18)6-4-13/h2-7,10,14,20H,8-9,11H2,1H3. The van der Waals surface area contributed by atoms with Gasteiger partial charge in [-0.15, -0.1) is 0 Å². The van der Waals surface area contributed by atoms with Gasteiger partial charge in [0.2, 0.25) is 0 Å². The minimum absolute atomic E-state index is 0.0803. The van der Waals surface area contributed by atoms with Crippen molar-refractivity contribution in [1.29, 1.82) is 0 Å². The van der Waals surface area contributed by atoms with Gasteiger partial charge in [0.15, 0.2) is 0 Å². The fourth-order valence-corrected chi connectivity index (χ4v) is 2.45. The summed E-state index contributed by atoms with van der Waals surface area (Å²) in [6.07, 6.45) is 1.42. The van der Waals surface area contributed by atoms with Gasteiger partial charge >= 0.3 is 0 Å². The Labute approximate surface area is 124 Å². The molecule has 0 bridgehead atoms. The second kappa shape index (κ2) is 6.87. The molecule has 1 atom stereocenters. The number of aliphatic hydroxyl groups excluding tert-OH is 1. The first-order chi connectivity index (χ1) is 9.58. The molecule has 0 spiro atoms. The molecule has 0 aromatic heterocycles. The molecule has 2 aromatic rings. The summed E-state index contributed by atoms with van der Waals surface area (Å²) >= 11 is 5.86. The molecule has 20 heavy (non-hydrogen) atoms. The Morgan fingerprint density at radius 2 is 1.80 bits per heavy atom. The molecule has 1 nitrogen and oxygen atoms in total. The van der Waals surface area contributed by atoms with E-state index in [2.05, 4.69) is 0 Å². The summed E-state index contributed by atoms with van der Waals surface area (Å²) < 4.78 is 13.3. The molecule has 2 aromatic carbocycles. The van der Waals surface area contributed by atoms with Crippen molar-refractivity contribution in [3.05, 3.63) is 70.0 Å². The minimum Gasteiger partial charge on any atom is -0.396 e. The van der Waals surface area contributed by atoms with E-state index in [1.54, 1.807) is 12.1 Å². The van der Waals surface area contributed by atoms with E-state index < -0.39 is 0 Å². The van der Waals surface area contributed by atoms with Crippen molar-refractivity contribution in [2.45, 2.75) is 19.8 Å². The highest BCUT2D eigenvalue weighted by atomic mass is 35.5. The fourth-order valence-electron chi connectivity index (χ4n) is 2.33. The highest BCUT2D eigenvalue weighted by molar-refractivity contribution is 6.30. The summed E-state index contributed by atoms with van der Waals surface area (Å²) in [5, 5.41) is 10.2. The van der Waals surface area contributed by atoms with E-state index in [1.807, 2.05) is 31.2 Å². The molecular formula is C17H18ClFO. The Morgan fingerprint density at radius 1 is 1.10 bits per heavy atom. The zero-order valence-corrected chi connectivity index (χ0v) is 12.2. The van der Waals surface area contributed by atoms with Gasteiger partial charge < -0.3 is 5.11 Å². The molecule has 1 N–H and O–H groups in total. The van der Waals surface area contributed by atoms with Crippen molar-refractivity contribution in [3.8, 4) is 0 Å². The molecule has 2 rings (SSSR count). The van der Waals surface area contributed by atoms with Gasteiger partial charge in [0.25, 0.3) is 0 Å². The average molecular weight is 293 g/mol. The number of rotatable bonds is 5. The van der Waals surface area contributed by atoms with Crippen LogP contribution in [-0.2, 0) is 12.8 Å². The zero-order valence-electron chi connectivity index (χ0n) is 11.4. The molecule has 0 heterocycles. The van der Waals surface area contributed by atoms with E-state index in [1.165, 1.54) is 6.07 Å². The Kier molecular flexibility index (Phi) is 5.16. The molecule has 0 saturated carbocycles. The van der Waals surface area contributed by atoms with Gasteiger partial charge in [-0.25, -0.2) is 4.39 Å². The Balaban J connectivity index is 2.08. The lowest BCUT2D eigenvalue weighted by molar-refractivity contribution is 0.224. The molecule has 0 aliphatic rings. The average Bonchev–Trinajstić information content (AvgIpc) is 2.44. The monoisotopic (exact) mass is 292 g/mol. The van der Waals surface area contributed by atoms with Crippen LogP contribution in [0.25, 0.3) is 0 Å². The summed E-state index contributed by atoms with van der Waals surface area (Å²) in [5.74, 6) is -0.148. The van der Waals surface area contributed by atoms with Gasteiger partial charge in [0.1, 0.15) is 5.82 Å². The first kappa shape index (κ1) is 15.0. The highest BCUT2D eigenvalue weighted by Crippen LogP contribution is 2.19. The van der Waals surface area contributed by atoms with E-state index in [4.69, 9.17) is 11.6 Å². The second-order valence-corrected chi connectivity index (χ2v) is 5.59. The van der Waals surface area contributed by atoms with E-state index in [0.717, 1.165) is 23.1 Å². The highest BCUT2D eigenvalue weighted by Gasteiger charge is 2.12. The topological polar surface area (TPSA) is 20.2 Å². The third kappa shape index (κ3) is 4.06. The van der Waals surface area contributed by atoms with Crippen molar-refractivity contribution in [1.82, 2.24) is 0 Å². The Hall–Kier alpha value is -1.38. The first-order valence-electron chi connectivity index (χ1n) is 6.69. The molecule has 0 radical (unpaired) electrons. The first-order valence-corrected chi connectivity index (χ1v) is 7.06. The van der Waals surface area contributed by atoms with Gasteiger partial charge in [-0.2, -0.15) is 0 Å². The van der Waals surface area contributed by atoms with Crippen molar-refractivity contribution in [3.63, 3.8) is 0 Å². The molecule has 0 aliphatic heterocycles. The van der Waals surface area contributed by atoms with Crippen molar-refractivity contribution in [2.24, 2.45) is 5.92 Å². The summed E-state index contributed by atoms with van der Waals surface area (Å²) in [7, 11) is 0. The summed E-state index contributed by atoms with van der Waals surface area (Å²) in [6.45, 7) is 2.05. The number of aliphatic hydroxyl groups is 1. The van der Waals surface area contributed by atoms with Crippen LogP contribution in [0.5, 0.6) is 0 Å². The van der Waals surface area contributed by atoms with Gasteiger partial charge in [0, 0.05) is 11.6 Å². The fraction of sp³-hybridized carbons (Fsp3) is 0.294. The zero-order chi connectivity index (χ0) is 14.5. The van der Waals surface area contributed by atoms with Crippen LogP contribution in [0.3, 0.4) is 0 Å². The van der Waals surface area contributed by atoms with Crippen molar-refractivity contribution >= 4 is 11.6 Å². The van der Waals surface area contributed by atoms with Crippen LogP contribution in [0.1, 0.15) is 16.7 Å². The molecule has 0 fully saturated rings. The summed E-state index contributed by atoms with van der Waals surface area (Å²) in [4.78, 5) is 0. The Bertz CT molecular complexity index is 566. The molecule has 0 amide bonds. The van der Waals surface area contributed by atoms with Crippen LogP contribution in [0.4, 0.5) is 4.39 Å². The number of aryl methyl sites for hydroxylation is 1. The Morgan fingerprint density at radius 3 is 2.45 bits per heavy atom. The van der Waals surface area contributed by atoms with E-state index >= 15 is 0 Å². The SMILES string of the molecule is Cc1ccc(F)cc1CC(CO)Cc1ccc(Cl)cc1. The van der Waals surface area contributed by atoms with Crippen LogP contribution in [-0.4, -0.2) is 11.7 Å². The van der Waals surface area contributed by atoms with Gasteiger partial charge in [-0.3, -0.25) is 0 Å². The smallest absolute Gasteiger partial charge is 0.123 e. The quantitative estimate of drug-likeness (QED) is 0.876. The maximum absolute atomic E-state index is 13.3. The van der Waals surface area contributed by atoms with Crippen molar-refractivity contribution in [2.75, 3.05) is 6.61 Å². The molecule has 3 heteroatoms. The molecule has 1 unspecified atom stereocenters. The number of hydrogen-bond acceptors (Lipinski definition) is 1. The largest absolute Gasteiger partial charge is 0.396 e. The molecular weight excluding hydrogens is 275 g/mol. The van der Waals surface area contributed by atoms with Gasteiger partial charge in [-0.05, 0) is 66.6 Å². The van der Waals surface area contributed by atoms with E-state index in [9.17, 15) is 9.50 Å². The third-order valence-electron chi connectivity index (χ3n) is 3.52. The van der Waals surface area contributed by atoms with Crippen LogP contribution < -0.4 is 0 Å². The lowest BCUT2D eigenvalue weighted by Gasteiger charge is -2.16. The minimum atomic E-state index is -0.228. The number of benzene rings is 2. The maximum Gasteiger partial charge on any atom is 0.123 e. The third-order valence-corrected chi connectivity index (χ3v) is 3.77. The van der Waals surface area contributed by atoms with Crippen LogP contribution in [0.15, 0.2) is 42.5 Å². The summed E-state index contributed by atoms with van der Waals surface area (Å²) in [5.41, 5.74) is 3.14. The van der Waals surface area contributed by atoms with Crippen molar-refractivity contribution < 1.29 is 9.50 Å². The maximum atomic E-state index is 13.3. The van der Waals surface area contributed by atoms with Gasteiger partial charge in [0.05, 0.1) is 0 Å². The number of hydrogen-bond donors (Lipinski definition) is 1. The number of halogens is 2. The van der Waals surface area contributed by atoms with E-state index in [0.29, 0.717) is 11.4 Å². The lowest BCUT2D eigenvalue weighted by Crippen LogP contribution is -2.13. The van der Waals surface area contributed by atoms with Gasteiger partial charge in [-0.1, -0.05) is 29.8 Å². The lowest BCUT2D eigenvalue weighted by atomic mass is 9.91. The predicted molar refractivity (Wildman–Crippen MR) is 80.6 cm³/mol.